The number of hydrogen-bond acceptors (Lipinski definition) is 1. The van der Waals surface area contributed by atoms with Gasteiger partial charge in [0.2, 0.25) is 0 Å². The summed E-state index contributed by atoms with van der Waals surface area (Å²) in [5.74, 6) is -4.54. The van der Waals surface area contributed by atoms with Gasteiger partial charge in [-0.05, 0) is 55.2 Å². The lowest BCUT2D eigenvalue weighted by Crippen LogP contribution is -2.22. The molecule has 1 fully saturated rings. The second-order valence-electron chi connectivity index (χ2n) is 9.22. The van der Waals surface area contributed by atoms with E-state index >= 15 is 0 Å². The molecule has 1 aliphatic rings. The Balaban J connectivity index is 1.50. The molecule has 0 N–H and O–H groups in total. The smallest absolute Gasteiger partial charge is 0.426 e. The molecule has 0 bridgehead atoms. The van der Waals surface area contributed by atoms with Crippen molar-refractivity contribution in [2.75, 3.05) is 0 Å². The van der Waals surface area contributed by atoms with Gasteiger partial charge >= 0.3 is 6.11 Å². The van der Waals surface area contributed by atoms with E-state index in [2.05, 4.69) is 11.7 Å². The average Bonchev–Trinajstić information content (AvgIpc) is 2.80. The van der Waals surface area contributed by atoms with Gasteiger partial charge in [0, 0.05) is 12.1 Å². The highest BCUT2D eigenvalue weighted by Crippen LogP contribution is 2.39. The third kappa shape index (κ3) is 7.18. The van der Waals surface area contributed by atoms with Crippen molar-refractivity contribution >= 4 is 0 Å². The molecule has 2 aromatic carbocycles. The lowest BCUT2D eigenvalue weighted by Gasteiger charge is -2.29. The van der Waals surface area contributed by atoms with Crippen LogP contribution >= 0.6 is 0 Å². The van der Waals surface area contributed by atoms with Crippen LogP contribution in [0, 0.1) is 23.4 Å². The van der Waals surface area contributed by atoms with Crippen molar-refractivity contribution in [2.24, 2.45) is 5.92 Å². The Morgan fingerprint density at radius 1 is 0.818 bits per heavy atom. The first kappa shape index (κ1) is 25.5. The van der Waals surface area contributed by atoms with Gasteiger partial charge in [-0.1, -0.05) is 64.0 Å². The number of hydrogen-bond donors (Lipinski definition) is 0. The highest BCUT2D eigenvalue weighted by atomic mass is 19.3. The molecule has 182 valence electrons. The monoisotopic (exact) mass is 468 g/mol. The Kier molecular flexibility index (Phi) is 9.16. The minimum atomic E-state index is -3.80. The van der Waals surface area contributed by atoms with Gasteiger partial charge in [0.15, 0.2) is 17.5 Å². The van der Waals surface area contributed by atoms with Crippen molar-refractivity contribution < 1.29 is 26.7 Å². The topological polar surface area (TPSA) is 9.23 Å². The maximum atomic E-state index is 14.5. The molecule has 1 nitrogen and oxygen atoms in total. The highest BCUT2D eigenvalue weighted by Gasteiger charge is 2.35. The number of halogens is 5. The van der Waals surface area contributed by atoms with Crippen molar-refractivity contribution in [3.05, 3.63) is 65.0 Å². The van der Waals surface area contributed by atoms with E-state index in [0.717, 1.165) is 24.3 Å². The van der Waals surface area contributed by atoms with Crippen molar-refractivity contribution in [2.45, 2.75) is 89.6 Å². The molecule has 0 aliphatic heterocycles. The fraction of sp³-hybridized carbons (Fsp3) is 0.556. The molecule has 0 heterocycles. The van der Waals surface area contributed by atoms with Crippen LogP contribution in [0.15, 0.2) is 36.4 Å². The first-order valence-corrected chi connectivity index (χ1v) is 12.1. The van der Waals surface area contributed by atoms with Crippen LogP contribution in [0.3, 0.4) is 0 Å². The molecule has 0 spiro atoms. The zero-order valence-electron chi connectivity index (χ0n) is 19.2. The van der Waals surface area contributed by atoms with Gasteiger partial charge in [-0.2, -0.15) is 8.78 Å². The molecular formula is C27H33F5O. The molecule has 2 aromatic rings. The van der Waals surface area contributed by atoms with Gasteiger partial charge in [0.05, 0.1) is 5.56 Å². The maximum absolute atomic E-state index is 14.5. The summed E-state index contributed by atoms with van der Waals surface area (Å²) in [7, 11) is 0. The van der Waals surface area contributed by atoms with Gasteiger partial charge in [-0.3, -0.25) is 0 Å². The summed E-state index contributed by atoms with van der Waals surface area (Å²) in [6.07, 6.45) is 9.80. The van der Waals surface area contributed by atoms with Crippen molar-refractivity contribution in [3.63, 3.8) is 0 Å². The quantitative estimate of drug-likeness (QED) is 0.181. The zero-order valence-corrected chi connectivity index (χ0v) is 19.2. The van der Waals surface area contributed by atoms with E-state index in [0.29, 0.717) is 18.1 Å². The third-order valence-electron chi connectivity index (χ3n) is 6.73. The van der Waals surface area contributed by atoms with Gasteiger partial charge < -0.3 is 4.74 Å². The third-order valence-corrected chi connectivity index (χ3v) is 6.73. The minimum absolute atomic E-state index is 0.356. The zero-order chi connectivity index (χ0) is 23.8. The van der Waals surface area contributed by atoms with Gasteiger partial charge in [-0.15, -0.1) is 0 Å². The fourth-order valence-corrected chi connectivity index (χ4v) is 4.75. The Hall–Kier alpha value is -2.11. The van der Waals surface area contributed by atoms with Crippen molar-refractivity contribution in [1.82, 2.24) is 0 Å². The van der Waals surface area contributed by atoms with Crippen molar-refractivity contribution in [1.29, 1.82) is 0 Å². The van der Waals surface area contributed by atoms with Crippen LogP contribution in [0.2, 0.25) is 0 Å². The first-order valence-electron chi connectivity index (χ1n) is 12.1. The van der Waals surface area contributed by atoms with Crippen molar-refractivity contribution in [3.8, 4) is 5.75 Å². The largest absolute Gasteiger partial charge is 0.429 e. The van der Waals surface area contributed by atoms with Gasteiger partial charge in [-0.25, -0.2) is 13.2 Å². The number of alkyl halides is 2. The Bertz CT molecular complexity index is 850. The van der Waals surface area contributed by atoms with E-state index in [1.54, 1.807) is 12.1 Å². The first-order chi connectivity index (χ1) is 15.8. The van der Waals surface area contributed by atoms with E-state index in [1.165, 1.54) is 69.9 Å². The summed E-state index contributed by atoms with van der Waals surface area (Å²) < 4.78 is 73.1. The normalized spacial score (nSPS) is 19.0. The Labute approximate surface area is 193 Å². The summed E-state index contributed by atoms with van der Waals surface area (Å²) in [5, 5.41) is 0. The molecule has 0 aromatic heterocycles. The summed E-state index contributed by atoms with van der Waals surface area (Å²) in [6, 6.07) is 6.74. The average molecular weight is 469 g/mol. The van der Waals surface area contributed by atoms with E-state index in [1.807, 2.05) is 0 Å². The SMILES string of the molecule is CCCCCCCCC1CCC(c2ccc(C(F)(F)Oc3cc(F)c(F)c(F)c3)cc2)CC1. The van der Waals surface area contributed by atoms with E-state index in [4.69, 9.17) is 0 Å². The van der Waals surface area contributed by atoms with Gasteiger partial charge in [0.1, 0.15) is 5.75 Å². The summed E-state index contributed by atoms with van der Waals surface area (Å²) in [6.45, 7) is 2.23. The number of rotatable bonds is 11. The maximum Gasteiger partial charge on any atom is 0.426 e. The van der Waals surface area contributed by atoms with Gasteiger partial charge in [0.25, 0.3) is 0 Å². The number of ether oxygens (including phenoxy) is 1. The molecule has 0 amide bonds. The molecule has 3 rings (SSSR count). The summed E-state index contributed by atoms with van der Waals surface area (Å²) in [4.78, 5) is 0. The van der Waals surface area contributed by atoms with Crippen LogP contribution in [-0.4, -0.2) is 0 Å². The van der Waals surface area contributed by atoms with Crippen LogP contribution in [-0.2, 0) is 6.11 Å². The van der Waals surface area contributed by atoms with Crippen LogP contribution in [0.25, 0.3) is 0 Å². The number of benzene rings is 2. The highest BCUT2D eigenvalue weighted by molar-refractivity contribution is 5.30. The molecule has 0 atom stereocenters. The standard InChI is InChI=1S/C27H33F5O/c1-2-3-4-5-6-7-8-19-9-11-20(12-10-19)21-13-15-22(16-14-21)27(31,32)33-23-17-24(28)26(30)25(29)18-23/h13-20H,2-12H2,1H3. The van der Waals surface area contributed by atoms with Crippen LogP contribution in [0.5, 0.6) is 5.75 Å². The molecular weight excluding hydrogens is 435 g/mol. The fourth-order valence-electron chi connectivity index (χ4n) is 4.75. The second kappa shape index (κ2) is 11.8. The Morgan fingerprint density at radius 3 is 2.00 bits per heavy atom. The predicted molar refractivity (Wildman–Crippen MR) is 120 cm³/mol. The summed E-state index contributed by atoms with van der Waals surface area (Å²) >= 11 is 0. The summed E-state index contributed by atoms with van der Waals surface area (Å²) in [5.41, 5.74) is 0.597. The predicted octanol–water partition coefficient (Wildman–Crippen LogP) is 9.26. The molecule has 33 heavy (non-hydrogen) atoms. The van der Waals surface area contributed by atoms with E-state index in [-0.39, 0.29) is 0 Å². The molecule has 0 unspecified atom stereocenters. The second-order valence-corrected chi connectivity index (χ2v) is 9.22. The molecule has 1 saturated carbocycles. The Morgan fingerprint density at radius 2 is 1.39 bits per heavy atom. The van der Waals surface area contributed by atoms with E-state index in [9.17, 15) is 22.0 Å². The lowest BCUT2D eigenvalue weighted by atomic mass is 9.77. The van der Waals surface area contributed by atoms with Crippen LogP contribution < -0.4 is 4.74 Å². The van der Waals surface area contributed by atoms with E-state index < -0.39 is 34.9 Å². The lowest BCUT2D eigenvalue weighted by molar-refractivity contribution is -0.185. The van der Waals surface area contributed by atoms with Crippen LogP contribution in [0.1, 0.15) is 94.6 Å². The number of unbranched alkanes of at least 4 members (excludes halogenated alkanes) is 5. The van der Waals surface area contributed by atoms with Crippen LogP contribution in [0.4, 0.5) is 22.0 Å². The molecule has 1 aliphatic carbocycles. The molecule has 0 radical (unpaired) electrons. The molecule has 0 saturated heterocycles. The minimum Gasteiger partial charge on any atom is -0.429 e. The molecule has 6 heteroatoms.